The first kappa shape index (κ1) is 12.9. The van der Waals surface area contributed by atoms with Crippen molar-refractivity contribution >= 4 is 16.9 Å². The zero-order valence-electron chi connectivity index (χ0n) is 11.4. The van der Waals surface area contributed by atoms with Gasteiger partial charge in [0.15, 0.2) is 0 Å². The fourth-order valence-corrected chi connectivity index (χ4v) is 2.07. The molecule has 0 aliphatic heterocycles. The number of aromatic nitrogens is 2. The zero-order valence-corrected chi connectivity index (χ0v) is 11.4. The molecule has 1 aromatic heterocycles. The number of benzene rings is 2. The molecule has 1 N–H and O–H groups in total. The maximum absolute atomic E-state index is 11.8. The van der Waals surface area contributed by atoms with E-state index in [0.717, 1.165) is 22.0 Å². The van der Waals surface area contributed by atoms with Crippen LogP contribution >= 0.6 is 0 Å². The van der Waals surface area contributed by atoms with E-state index >= 15 is 0 Å². The van der Waals surface area contributed by atoms with Gasteiger partial charge in [-0.15, -0.1) is 0 Å². The first-order valence-corrected chi connectivity index (χ1v) is 6.40. The van der Waals surface area contributed by atoms with Crippen LogP contribution in [0.5, 0.6) is 0 Å². The lowest BCUT2D eigenvalue weighted by atomic mass is 10.1. The quantitative estimate of drug-likeness (QED) is 0.549. The number of esters is 1. The number of hydrogen-bond donors (Lipinski definition) is 1. The highest BCUT2D eigenvalue weighted by Crippen LogP contribution is 2.19. The number of nitrogens with zero attached hydrogens (tertiary/aromatic N) is 1. The molecule has 0 amide bonds. The van der Waals surface area contributed by atoms with Gasteiger partial charge >= 0.3 is 5.97 Å². The van der Waals surface area contributed by atoms with E-state index in [0.29, 0.717) is 5.56 Å². The molecule has 0 atom stereocenters. The number of nitrogens with one attached hydrogen (secondary N) is 1. The standard InChI is InChI=1S/C17H12N2O2/c1-21-17(20)14-9-13(10-16-15(14)11-18-19-16)8-7-12-5-3-2-4-6-12/h2-6,9-11H,1H3,(H,18,19). The molecule has 21 heavy (non-hydrogen) atoms. The monoisotopic (exact) mass is 276 g/mol. The Kier molecular flexibility index (Phi) is 3.40. The Morgan fingerprint density at radius 1 is 1.14 bits per heavy atom. The maximum Gasteiger partial charge on any atom is 0.338 e. The predicted molar refractivity (Wildman–Crippen MR) is 79.9 cm³/mol. The Balaban J connectivity index is 2.08. The molecule has 2 aromatic carbocycles. The van der Waals surface area contributed by atoms with E-state index in [1.165, 1.54) is 7.11 Å². The fourth-order valence-electron chi connectivity index (χ4n) is 2.07. The van der Waals surface area contributed by atoms with Crippen LogP contribution in [0.15, 0.2) is 48.7 Å². The number of ether oxygens (including phenoxy) is 1. The third-order valence-corrected chi connectivity index (χ3v) is 3.09. The van der Waals surface area contributed by atoms with Gasteiger partial charge < -0.3 is 4.74 Å². The van der Waals surface area contributed by atoms with Crippen LogP contribution in [0.2, 0.25) is 0 Å². The summed E-state index contributed by atoms with van der Waals surface area (Å²) in [4.78, 5) is 11.8. The number of fused-ring (bicyclic) bond motifs is 1. The average Bonchev–Trinajstić information content (AvgIpc) is 3.00. The van der Waals surface area contributed by atoms with Crippen LogP contribution in [0.3, 0.4) is 0 Å². The van der Waals surface area contributed by atoms with Gasteiger partial charge in [0.2, 0.25) is 0 Å². The molecule has 0 saturated heterocycles. The molecule has 0 bridgehead atoms. The van der Waals surface area contributed by atoms with Gasteiger partial charge in [0, 0.05) is 16.5 Å². The predicted octanol–water partition coefficient (Wildman–Crippen LogP) is 2.75. The number of rotatable bonds is 1. The number of hydrogen-bond acceptors (Lipinski definition) is 3. The topological polar surface area (TPSA) is 55.0 Å². The van der Waals surface area contributed by atoms with E-state index in [1.807, 2.05) is 36.4 Å². The summed E-state index contributed by atoms with van der Waals surface area (Å²) in [5.74, 6) is 5.72. The summed E-state index contributed by atoms with van der Waals surface area (Å²) >= 11 is 0. The highest BCUT2D eigenvalue weighted by molar-refractivity contribution is 6.03. The summed E-state index contributed by atoms with van der Waals surface area (Å²) in [5.41, 5.74) is 2.87. The second-order valence-corrected chi connectivity index (χ2v) is 4.46. The highest BCUT2D eigenvalue weighted by Gasteiger charge is 2.12. The molecule has 3 aromatic rings. The van der Waals surface area contributed by atoms with Gasteiger partial charge in [-0.25, -0.2) is 4.79 Å². The second-order valence-electron chi connectivity index (χ2n) is 4.46. The van der Waals surface area contributed by atoms with Crippen LogP contribution in [0.25, 0.3) is 10.9 Å². The summed E-state index contributed by atoms with van der Waals surface area (Å²) in [7, 11) is 1.36. The van der Waals surface area contributed by atoms with Gasteiger partial charge in [-0.3, -0.25) is 5.10 Å². The molecule has 0 spiro atoms. The molecule has 0 saturated carbocycles. The van der Waals surface area contributed by atoms with Crippen molar-refractivity contribution in [3.63, 3.8) is 0 Å². The van der Waals surface area contributed by atoms with Gasteiger partial charge in [0.1, 0.15) is 0 Å². The highest BCUT2D eigenvalue weighted by atomic mass is 16.5. The minimum Gasteiger partial charge on any atom is -0.465 e. The smallest absolute Gasteiger partial charge is 0.338 e. The minimum absolute atomic E-state index is 0.398. The zero-order chi connectivity index (χ0) is 14.7. The van der Waals surface area contributed by atoms with Crippen molar-refractivity contribution < 1.29 is 9.53 Å². The Morgan fingerprint density at radius 2 is 1.90 bits per heavy atom. The van der Waals surface area contributed by atoms with Crippen molar-refractivity contribution in [1.82, 2.24) is 10.2 Å². The molecule has 0 radical (unpaired) electrons. The summed E-state index contributed by atoms with van der Waals surface area (Å²) in [6.45, 7) is 0. The van der Waals surface area contributed by atoms with Crippen LogP contribution in [0.1, 0.15) is 21.5 Å². The van der Waals surface area contributed by atoms with Crippen molar-refractivity contribution in [1.29, 1.82) is 0 Å². The Morgan fingerprint density at radius 3 is 2.67 bits per heavy atom. The van der Waals surface area contributed by atoms with Crippen LogP contribution in [0.4, 0.5) is 0 Å². The van der Waals surface area contributed by atoms with Gasteiger partial charge in [-0.2, -0.15) is 5.10 Å². The van der Waals surface area contributed by atoms with Crippen LogP contribution in [-0.2, 0) is 4.74 Å². The first-order valence-electron chi connectivity index (χ1n) is 6.40. The van der Waals surface area contributed by atoms with Crippen LogP contribution in [0, 0.1) is 11.8 Å². The Bertz CT molecular complexity index is 855. The molecule has 1 heterocycles. The molecule has 0 fully saturated rings. The van der Waals surface area contributed by atoms with Gasteiger partial charge in [0.25, 0.3) is 0 Å². The number of H-pyrrole nitrogens is 1. The summed E-state index contributed by atoms with van der Waals surface area (Å²) in [6.07, 6.45) is 1.61. The number of carbonyl (C=O) groups excluding carboxylic acids is 1. The summed E-state index contributed by atoms with van der Waals surface area (Å²) in [5, 5.41) is 7.54. The Labute approximate surface area is 121 Å². The first-order chi connectivity index (χ1) is 10.3. The SMILES string of the molecule is COC(=O)c1cc(C#Cc2ccccc2)cc2[nH]ncc12. The largest absolute Gasteiger partial charge is 0.465 e. The minimum atomic E-state index is -0.398. The Hall–Kier alpha value is -3.06. The molecule has 0 unspecified atom stereocenters. The molecular weight excluding hydrogens is 264 g/mol. The van der Waals surface area contributed by atoms with Crippen molar-refractivity contribution in [3.8, 4) is 11.8 Å². The van der Waals surface area contributed by atoms with E-state index in [4.69, 9.17) is 4.74 Å². The molecule has 4 heteroatoms. The third kappa shape index (κ3) is 2.63. The third-order valence-electron chi connectivity index (χ3n) is 3.09. The normalized spacial score (nSPS) is 9.95. The second kappa shape index (κ2) is 5.51. The van der Waals surface area contributed by atoms with Crippen molar-refractivity contribution in [2.24, 2.45) is 0 Å². The molecule has 0 aliphatic carbocycles. The van der Waals surface area contributed by atoms with Crippen LogP contribution < -0.4 is 0 Å². The molecular formula is C17H12N2O2. The lowest BCUT2D eigenvalue weighted by Gasteiger charge is -2.01. The van der Waals surface area contributed by atoms with E-state index in [1.54, 1.807) is 12.3 Å². The maximum atomic E-state index is 11.8. The average molecular weight is 276 g/mol. The molecule has 4 nitrogen and oxygen atoms in total. The van der Waals surface area contributed by atoms with E-state index < -0.39 is 5.97 Å². The van der Waals surface area contributed by atoms with Crippen molar-refractivity contribution in [2.45, 2.75) is 0 Å². The fraction of sp³-hybridized carbons (Fsp3) is 0.0588. The molecule has 102 valence electrons. The summed E-state index contributed by atoms with van der Waals surface area (Å²) in [6, 6.07) is 13.3. The lowest BCUT2D eigenvalue weighted by Crippen LogP contribution is -2.02. The van der Waals surface area contributed by atoms with E-state index in [9.17, 15) is 4.79 Å². The van der Waals surface area contributed by atoms with Crippen molar-refractivity contribution in [3.05, 3.63) is 65.4 Å². The van der Waals surface area contributed by atoms with E-state index in [2.05, 4.69) is 22.0 Å². The molecule has 0 aliphatic rings. The van der Waals surface area contributed by atoms with Crippen LogP contribution in [-0.4, -0.2) is 23.3 Å². The summed E-state index contributed by atoms with van der Waals surface area (Å²) < 4.78 is 4.80. The number of carbonyl (C=O) groups is 1. The number of aromatic amines is 1. The van der Waals surface area contributed by atoms with Gasteiger partial charge in [-0.05, 0) is 24.3 Å². The van der Waals surface area contributed by atoms with Gasteiger partial charge in [-0.1, -0.05) is 30.0 Å². The van der Waals surface area contributed by atoms with Gasteiger partial charge in [0.05, 0.1) is 24.4 Å². The molecule has 3 rings (SSSR count). The van der Waals surface area contributed by atoms with Crippen molar-refractivity contribution in [2.75, 3.05) is 7.11 Å². The number of methoxy groups -OCH3 is 1. The lowest BCUT2D eigenvalue weighted by molar-refractivity contribution is 0.0603. The van der Waals surface area contributed by atoms with E-state index in [-0.39, 0.29) is 0 Å².